The van der Waals surface area contributed by atoms with Gasteiger partial charge in [0.1, 0.15) is 11.5 Å². The zero-order chi connectivity index (χ0) is 20.6. The molecule has 0 saturated heterocycles. The van der Waals surface area contributed by atoms with Crippen molar-refractivity contribution in [2.75, 3.05) is 32.6 Å². The number of rotatable bonds is 7. The van der Waals surface area contributed by atoms with E-state index in [4.69, 9.17) is 9.47 Å². The van der Waals surface area contributed by atoms with E-state index in [1.807, 2.05) is 43.3 Å². The molecule has 1 heterocycles. The number of carbonyl (C=O) groups is 1. The number of benzene rings is 2. The van der Waals surface area contributed by atoms with Gasteiger partial charge in [-0.1, -0.05) is 18.2 Å². The summed E-state index contributed by atoms with van der Waals surface area (Å²) in [6.45, 7) is 3.85. The van der Waals surface area contributed by atoms with E-state index in [9.17, 15) is 4.79 Å². The molecule has 2 aromatic carbocycles. The third-order valence-corrected chi connectivity index (χ3v) is 4.87. The molecule has 0 spiro atoms. The maximum absolute atomic E-state index is 12.0. The van der Waals surface area contributed by atoms with Gasteiger partial charge in [0.05, 0.1) is 20.8 Å². The lowest BCUT2D eigenvalue weighted by Crippen LogP contribution is -2.40. The van der Waals surface area contributed by atoms with Gasteiger partial charge in [0, 0.05) is 42.7 Å². The predicted molar refractivity (Wildman–Crippen MR) is 130 cm³/mol. The second kappa shape index (κ2) is 11.6. The molecule has 3 rings (SSSR count). The number of aliphatic imine (C=N–C) groups is 1. The van der Waals surface area contributed by atoms with Crippen LogP contribution in [0, 0.1) is 0 Å². The van der Waals surface area contributed by atoms with Gasteiger partial charge in [-0.05, 0) is 30.7 Å². The number of hydrogen-bond acceptors (Lipinski definition) is 4. The van der Waals surface area contributed by atoms with Crippen molar-refractivity contribution in [2.24, 2.45) is 4.99 Å². The summed E-state index contributed by atoms with van der Waals surface area (Å²) in [5.41, 5.74) is 3.00. The number of hydrogen-bond donors (Lipinski definition) is 3. The Morgan fingerprint density at radius 3 is 2.70 bits per heavy atom. The number of methoxy groups -OCH3 is 2. The Labute approximate surface area is 194 Å². The lowest BCUT2D eigenvalue weighted by atomic mass is 9.90. The minimum Gasteiger partial charge on any atom is -0.497 e. The van der Waals surface area contributed by atoms with Gasteiger partial charge in [0.2, 0.25) is 5.91 Å². The molecule has 1 aliphatic heterocycles. The van der Waals surface area contributed by atoms with E-state index < -0.39 is 0 Å². The lowest BCUT2D eigenvalue weighted by molar-refractivity contribution is -0.116. The van der Waals surface area contributed by atoms with Crippen LogP contribution in [0.3, 0.4) is 0 Å². The fraction of sp³-hybridized carbons (Fsp3) is 0.364. The normalized spacial score (nSPS) is 15.4. The maximum atomic E-state index is 12.0. The van der Waals surface area contributed by atoms with Gasteiger partial charge in [-0.3, -0.25) is 4.79 Å². The summed E-state index contributed by atoms with van der Waals surface area (Å²) in [6, 6.07) is 13.6. The second-order valence-electron chi connectivity index (χ2n) is 6.79. The number of ether oxygens (including phenoxy) is 2. The summed E-state index contributed by atoms with van der Waals surface area (Å²) < 4.78 is 10.7. The standard InChI is InChI=1S/C22H28N4O3.HI/c1-4-23-22(24-13-15-9-10-17(28-2)12-20(15)29-3)25-14-16-11-21(27)26-19-8-6-5-7-18(16)19;/h5-10,12,16H,4,11,13-14H2,1-3H3,(H,26,27)(H2,23,24,25);1H. The molecule has 30 heavy (non-hydrogen) atoms. The van der Waals surface area contributed by atoms with Gasteiger partial charge in [0.25, 0.3) is 0 Å². The van der Waals surface area contributed by atoms with Gasteiger partial charge in [-0.15, -0.1) is 24.0 Å². The number of guanidine groups is 1. The molecule has 1 aliphatic rings. The number of para-hydroxylation sites is 1. The molecular weight excluding hydrogens is 495 g/mol. The van der Waals surface area contributed by atoms with Crippen LogP contribution in [0.2, 0.25) is 0 Å². The van der Waals surface area contributed by atoms with E-state index in [-0.39, 0.29) is 35.8 Å². The molecular formula is C22H29IN4O3. The Kier molecular flexibility index (Phi) is 9.22. The van der Waals surface area contributed by atoms with Crippen LogP contribution in [0.25, 0.3) is 0 Å². The van der Waals surface area contributed by atoms with Crippen molar-refractivity contribution in [1.82, 2.24) is 10.6 Å². The Hall–Kier alpha value is -2.49. The van der Waals surface area contributed by atoms with Crippen molar-refractivity contribution in [3.8, 4) is 11.5 Å². The van der Waals surface area contributed by atoms with Crippen LogP contribution in [-0.4, -0.2) is 39.2 Å². The van der Waals surface area contributed by atoms with Gasteiger partial charge < -0.3 is 25.4 Å². The maximum Gasteiger partial charge on any atom is 0.225 e. The summed E-state index contributed by atoms with van der Waals surface area (Å²) in [5, 5.41) is 9.57. The van der Waals surface area contributed by atoms with Crippen LogP contribution in [0.15, 0.2) is 47.5 Å². The first kappa shape index (κ1) is 23.8. The summed E-state index contributed by atoms with van der Waals surface area (Å²) in [4.78, 5) is 16.7. The second-order valence-corrected chi connectivity index (χ2v) is 6.79. The Bertz CT molecular complexity index is 888. The van der Waals surface area contributed by atoms with Crippen LogP contribution in [0.4, 0.5) is 5.69 Å². The number of carbonyl (C=O) groups excluding carboxylic acids is 1. The average molecular weight is 524 g/mol. The summed E-state index contributed by atoms with van der Waals surface area (Å²) in [7, 11) is 3.26. The molecule has 1 atom stereocenters. The van der Waals surface area contributed by atoms with Crippen LogP contribution in [0.1, 0.15) is 30.4 Å². The van der Waals surface area contributed by atoms with E-state index in [0.29, 0.717) is 25.5 Å². The lowest BCUT2D eigenvalue weighted by Gasteiger charge is -2.26. The highest BCUT2D eigenvalue weighted by atomic mass is 127. The van der Waals surface area contributed by atoms with Crippen molar-refractivity contribution in [3.05, 3.63) is 53.6 Å². The number of amides is 1. The third-order valence-electron chi connectivity index (χ3n) is 4.87. The number of nitrogens with zero attached hydrogens (tertiary/aromatic N) is 1. The van der Waals surface area contributed by atoms with Crippen molar-refractivity contribution < 1.29 is 14.3 Å². The first-order valence-corrected chi connectivity index (χ1v) is 9.76. The zero-order valence-corrected chi connectivity index (χ0v) is 19.9. The molecule has 0 radical (unpaired) electrons. The van der Waals surface area contributed by atoms with Gasteiger partial charge >= 0.3 is 0 Å². The van der Waals surface area contributed by atoms with Gasteiger partial charge in [0.15, 0.2) is 5.96 Å². The zero-order valence-electron chi connectivity index (χ0n) is 17.5. The molecule has 2 aromatic rings. The molecule has 7 nitrogen and oxygen atoms in total. The molecule has 162 valence electrons. The third kappa shape index (κ3) is 6.01. The molecule has 0 saturated carbocycles. The largest absolute Gasteiger partial charge is 0.497 e. The fourth-order valence-corrected chi connectivity index (χ4v) is 3.39. The first-order chi connectivity index (χ1) is 14.1. The van der Waals surface area contributed by atoms with Crippen LogP contribution < -0.4 is 25.4 Å². The van der Waals surface area contributed by atoms with Crippen molar-refractivity contribution in [2.45, 2.75) is 25.8 Å². The topological polar surface area (TPSA) is 84.0 Å². The molecule has 3 N–H and O–H groups in total. The predicted octanol–water partition coefficient (Wildman–Crippen LogP) is 3.50. The highest BCUT2D eigenvalue weighted by Crippen LogP contribution is 2.31. The fourth-order valence-electron chi connectivity index (χ4n) is 3.39. The first-order valence-electron chi connectivity index (χ1n) is 9.76. The van der Waals surface area contributed by atoms with E-state index in [1.165, 1.54) is 0 Å². The van der Waals surface area contributed by atoms with Crippen molar-refractivity contribution in [3.63, 3.8) is 0 Å². The number of fused-ring (bicyclic) bond motifs is 1. The van der Waals surface area contributed by atoms with E-state index in [1.54, 1.807) is 14.2 Å². The van der Waals surface area contributed by atoms with E-state index in [2.05, 4.69) is 27.0 Å². The quantitative estimate of drug-likeness (QED) is 0.294. The SMILES string of the molecule is CCNC(=NCc1ccc(OC)cc1OC)NCC1CC(=O)Nc2ccccc21.I. The van der Waals surface area contributed by atoms with Gasteiger partial charge in [-0.2, -0.15) is 0 Å². The molecule has 0 bridgehead atoms. The van der Waals surface area contributed by atoms with Crippen molar-refractivity contribution in [1.29, 1.82) is 0 Å². The highest BCUT2D eigenvalue weighted by molar-refractivity contribution is 14.0. The van der Waals surface area contributed by atoms with Gasteiger partial charge in [-0.25, -0.2) is 4.99 Å². The number of anilines is 1. The summed E-state index contributed by atoms with van der Waals surface area (Å²) >= 11 is 0. The Balaban J connectivity index is 0.00000320. The van der Waals surface area contributed by atoms with Crippen LogP contribution >= 0.6 is 24.0 Å². The molecule has 0 aliphatic carbocycles. The Morgan fingerprint density at radius 2 is 1.97 bits per heavy atom. The minimum atomic E-state index is 0. The smallest absolute Gasteiger partial charge is 0.225 e. The molecule has 0 fully saturated rings. The molecule has 1 amide bonds. The van der Waals surface area contributed by atoms with Crippen LogP contribution in [-0.2, 0) is 11.3 Å². The minimum absolute atomic E-state index is 0. The number of halogens is 1. The monoisotopic (exact) mass is 524 g/mol. The molecule has 1 unspecified atom stereocenters. The number of nitrogens with one attached hydrogen (secondary N) is 3. The highest BCUT2D eigenvalue weighted by Gasteiger charge is 2.24. The van der Waals surface area contributed by atoms with Crippen LogP contribution in [0.5, 0.6) is 11.5 Å². The average Bonchev–Trinajstić information content (AvgIpc) is 2.75. The molecule has 8 heteroatoms. The summed E-state index contributed by atoms with van der Waals surface area (Å²) in [6.07, 6.45) is 0.454. The van der Waals surface area contributed by atoms with E-state index in [0.717, 1.165) is 34.9 Å². The summed E-state index contributed by atoms with van der Waals surface area (Å²) in [5.74, 6) is 2.32. The van der Waals surface area contributed by atoms with Crippen molar-refractivity contribution >= 4 is 41.5 Å². The molecule has 0 aromatic heterocycles. The Morgan fingerprint density at radius 1 is 1.17 bits per heavy atom. The van der Waals surface area contributed by atoms with E-state index >= 15 is 0 Å².